The van der Waals surface area contributed by atoms with E-state index in [9.17, 15) is 9.59 Å². The van der Waals surface area contributed by atoms with Crippen LogP contribution in [0.3, 0.4) is 0 Å². The van der Waals surface area contributed by atoms with E-state index in [1.54, 1.807) is 60.4 Å². The zero-order valence-corrected chi connectivity index (χ0v) is 18.2. The first-order valence-electron chi connectivity index (χ1n) is 10.0. The molecule has 1 heterocycles. The van der Waals surface area contributed by atoms with Gasteiger partial charge in [0.15, 0.2) is 0 Å². The molecule has 1 aromatic heterocycles. The average molecular weight is 441 g/mol. The summed E-state index contributed by atoms with van der Waals surface area (Å²) in [6.45, 7) is 4.12. The van der Waals surface area contributed by atoms with Crippen LogP contribution in [-0.2, 0) is 9.59 Å². The van der Waals surface area contributed by atoms with Crippen LogP contribution in [0.15, 0.2) is 60.9 Å². The van der Waals surface area contributed by atoms with Gasteiger partial charge in [-0.3, -0.25) is 14.3 Å². The Balaban J connectivity index is 1.45. The van der Waals surface area contributed by atoms with Crippen LogP contribution in [0.25, 0.3) is 0 Å². The summed E-state index contributed by atoms with van der Waals surface area (Å²) >= 11 is 5.94. The molecule has 0 spiro atoms. The number of nitrogens with zero attached hydrogens (tertiary/aromatic N) is 2. The first kappa shape index (κ1) is 22.4. The molecule has 0 saturated heterocycles. The highest BCUT2D eigenvalue weighted by molar-refractivity contribution is 6.30. The van der Waals surface area contributed by atoms with Crippen LogP contribution in [0, 0.1) is 6.92 Å². The van der Waals surface area contributed by atoms with Crippen molar-refractivity contribution < 1.29 is 14.3 Å². The third kappa shape index (κ3) is 6.58. The lowest BCUT2D eigenvalue weighted by molar-refractivity contribution is -0.119. The molecule has 162 valence electrons. The van der Waals surface area contributed by atoms with Crippen LogP contribution in [0.5, 0.6) is 5.75 Å². The number of anilines is 2. The average Bonchev–Trinajstić information content (AvgIpc) is 3.27. The van der Waals surface area contributed by atoms with Crippen LogP contribution < -0.4 is 15.4 Å². The SMILES string of the molecule is Cc1cc(Cl)ccc1OCCCC(=O)Nc1cccc(NC(=O)C(C)n2cccn2)c1. The van der Waals surface area contributed by atoms with Gasteiger partial charge in [-0.05, 0) is 68.3 Å². The summed E-state index contributed by atoms with van der Waals surface area (Å²) in [6.07, 6.45) is 4.26. The summed E-state index contributed by atoms with van der Waals surface area (Å²) in [5, 5.41) is 10.4. The molecular formula is C23H25ClN4O3. The van der Waals surface area contributed by atoms with Gasteiger partial charge in [-0.25, -0.2) is 0 Å². The topological polar surface area (TPSA) is 85.3 Å². The van der Waals surface area contributed by atoms with Crippen LogP contribution >= 0.6 is 11.6 Å². The Bertz CT molecular complexity index is 1040. The number of amides is 2. The lowest BCUT2D eigenvalue weighted by Gasteiger charge is -2.13. The molecule has 0 bridgehead atoms. The molecule has 0 radical (unpaired) electrons. The van der Waals surface area contributed by atoms with Crippen LogP contribution in [0.4, 0.5) is 11.4 Å². The van der Waals surface area contributed by atoms with Gasteiger partial charge in [-0.2, -0.15) is 5.10 Å². The van der Waals surface area contributed by atoms with Crippen molar-refractivity contribution in [3.8, 4) is 5.75 Å². The first-order chi connectivity index (χ1) is 14.9. The van der Waals surface area contributed by atoms with E-state index in [1.807, 2.05) is 19.1 Å². The standard InChI is InChI=1S/C23H25ClN4O3/c1-16-14-18(24)9-10-21(16)31-13-4-8-22(29)26-19-6-3-7-20(15-19)27-23(30)17(2)28-12-5-11-25-28/h3,5-7,9-12,14-15,17H,4,8,13H2,1-2H3,(H,26,29)(H,27,30). The number of ether oxygens (including phenoxy) is 1. The van der Waals surface area contributed by atoms with Crippen molar-refractivity contribution in [2.24, 2.45) is 0 Å². The highest BCUT2D eigenvalue weighted by Gasteiger charge is 2.15. The third-order valence-electron chi connectivity index (χ3n) is 4.66. The van der Waals surface area contributed by atoms with Crippen LogP contribution in [0.1, 0.15) is 31.4 Å². The highest BCUT2D eigenvalue weighted by Crippen LogP contribution is 2.22. The van der Waals surface area contributed by atoms with Gasteiger partial charge in [0.2, 0.25) is 11.8 Å². The van der Waals surface area contributed by atoms with Gasteiger partial charge < -0.3 is 15.4 Å². The van der Waals surface area contributed by atoms with E-state index in [0.717, 1.165) is 11.3 Å². The highest BCUT2D eigenvalue weighted by atomic mass is 35.5. The van der Waals surface area contributed by atoms with E-state index in [2.05, 4.69) is 15.7 Å². The molecule has 3 aromatic rings. The molecular weight excluding hydrogens is 416 g/mol. The number of rotatable bonds is 9. The maximum Gasteiger partial charge on any atom is 0.248 e. The number of nitrogens with one attached hydrogen (secondary N) is 2. The van der Waals surface area contributed by atoms with Gasteiger partial charge in [0.1, 0.15) is 11.8 Å². The van der Waals surface area contributed by atoms with E-state index >= 15 is 0 Å². The molecule has 0 aliphatic carbocycles. The summed E-state index contributed by atoms with van der Waals surface area (Å²) in [7, 11) is 0. The van der Waals surface area contributed by atoms with Gasteiger partial charge >= 0.3 is 0 Å². The van der Waals surface area contributed by atoms with Crippen molar-refractivity contribution >= 4 is 34.8 Å². The van der Waals surface area contributed by atoms with E-state index in [4.69, 9.17) is 16.3 Å². The fourth-order valence-corrected chi connectivity index (χ4v) is 3.19. The van der Waals surface area contributed by atoms with Crippen molar-refractivity contribution in [2.45, 2.75) is 32.7 Å². The lowest BCUT2D eigenvalue weighted by atomic mass is 10.2. The number of carbonyl (C=O) groups excluding carboxylic acids is 2. The number of hydrogen-bond donors (Lipinski definition) is 2. The molecule has 0 aliphatic heterocycles. The van der Waals surface area contributed by atoms with Gasteiger partial charge in [-0.1, -0.05) is 17.7 Å². The largest absolute Gasteiger partial charge is 0.493 e. The number of benzene rings is 2. The van der Waals surface area contributed by atoms with Gasteiger partial charge in [0, 0.05) is 35.2 Å². The Morgan fingerprint density at radius 2 is 1.90 bits per heavy atom. The molecule has 8 heteroatoms. The number of halogens is 1. The van der Waals surface area contributed by atoms with Crippen molar-refractivity contribution in [1.29, 1.82) is 0 Å². The van der Waals surface area contributed by atoms with Crippen molar-refractivity contribution in [2.75, 3.05) is 17.2 Å². The van der Waals surface area contributed by atoms with Crippen LogP contribution in [-0.4, -0.2) is 28.2 Å². The lowest BCUT2D eigenvalue weighted by Crippen LogP contribution is -2.24. The third-order valence-corrected chi connectivity index (χ3v) is 4.89. The minimum atomic E-state index is -0.447. The molecule has 0 fully saturated rings. The molecule has 0 aliphatic rings. The summed E-state index contributed by atoms with van der Waals surface area (Å²) < 4.78 is 7.29. The van der Waals surface area contributed by atoms with E-state index in [0.29, 0.717) is 35.8 Å². The second kappa shape index (κ2) is 10.6. The molecule has 2 aromatic carbocycles. The molecule has 1 unspecified atom stereocenters. The number of carbonyl (C=O) groups is 2. The van der Waals surface area contributed by atoms with Crippen molar-refractivity contribution in [3.05, 3.63) is 71.5 Å². The number of aromatic nitrogens is 2. The van der Waals surface area contributed by atoms with Gasteiger partial charge in [0.05, 0.1) is 6.61 Å². The molecule has 0 saturated carbocycles. The second-order valence-electron chi connectivity index (χ2n) is 7.14. The predicted octanol–water partition coefficient (Wildman–Crippen LogP) is 4.84. The Morgan fingerprint density at radius 1 is 1.13 bits per heavy atom. The minimum Gasteiger partial charge on any atom is -0.493 e. The Kier molecular flexibility index (Phi) is 7.67. The molecule has 2 amide bonds. The quantitative estimate of drug-likeness (QED) is 0.466. The minimum absolute atomic E-state index is 0.121. The Hall–Kier alpha value is -3.32. The van der Waals surface area contributed by atoms with Gasteiger partial charge in [-0.15, -0.1) is 0 Å². The van der Waals surface area contributed by atoms with Crippen molar-refractivity contribution in [1.82, 2.24) is 9.78 Å². The zero-order chi connectivity index (χ0) is 22.2. The zero-order valence-electron chi connectivity index (χ0n) is 17.5. The number of aryl methyl sites for hydroxylation is 1. The summed E-state index contributed by atoms with van der Waals surface area (Å²) in [5.74, 6) is 0.448. The maximum atomic E-state index is 12.4. The number of hydrogen-bond acceptors (Lipinski definition) is 4. The smallest absolute Gasteiger partial charge is 0.248 e. The normalized spacial score (nSPS) is 11.6. The van der Waals surface area contributed by atoms with Crippen LogP contribution in [0.2, 0.25) is 5.02 Å². The molecule has 2 N–H and O–H groups in total. The molecule has 1 atom stereocenters. The van der Waals surface area contributed by atoms with Gasteiger partial charge in [0.25, 0.3) is 0 Å². The fraction of sp³-hybridized carbons (Fsp3) is 0.261. The van der Waals surface area contributed by atoms with Crippen molar-refractivity contribution in [3.63, 3.8) is 0 Å². The monoisotopic (exact) mass is 440 g/mol. The Labute approximate surface area is 186 Å². The Morgan fingerprint density at radius 3 is 2.61 bits per heavy atom. The predicted molar refractivity (Wildman–Crippen MR) is 122 cm³/mol. The fourth-order valence-electron chi connectivity index (χ4n) is 2.96. The summed E-state index contributed by atoms with van der Waals surface area (Å²) in [6, 6.07) is 13.8. The van der Waals surface area contributed by atoms with E-state index in [-0.39, 0.29) is 11.8 Å². The summed E-state index contributed by atoms with van der Waals surface area (Å²) in [5.41, 5.74) is 2.17. The first-order valence-corrected chi connectivity index (χ1v) is 10.4. The van der Waals surface area contributed by atoms with E-state index in [1.165, 1.54) is 0 Å². The second-order valence-corrected chi connectivity index (χ2v) is 7.58. The van der Waals surface area contributed by atoms with E-state index < -0.39 is 6.04 Å². The summed E-state index contributed by atoms with van der Waals surface area (Å²) in [4.78, 5) is 24.6. The molecule has 3 rings (SSSR count). The molecule has 7 nitrogen and oxygen atoms in total. The molecule has 31 heavy (non-hydrogen) atoms. The maximum absolute atomic E-state index is 12.4.